The third-order valence-electron chi connectivity index (χ3n) is 3.95. The van der Waals surface area contributed by atoms with Gasteiger partial charge in [0, 0.05) is 12.5 Å². The van der Waals surface area contributed by atoms with E-state index in [9.17, 15) is 4.79 Å². The first-order chi connectivity index (χ1) is 8.31. The quantitative estimate of drug-likeness (QED) is 0.635. The molecule has 1 amide bonds. The first kappa shape index (κ1) is 15.8. The average molecular weight is 275 g/mol. The number of amides is 1. The van der Waals surface area contributed by atoms with Crippen LogP contribution in [0.5, 0.6) is 0 Å². The van der Waals surface area contributed by atoms with E-state index in [0.29, 0.717) is 12.5 Å². The zero-order valence-corrected chi connectivity index (χ0v) is 12.0. The van der Waals surface area contributed by atoms with Gasteiger partial charge in [-0.1, -0.05) is 12.8 Å². The summed E-state index contributed by atoms with van der Waals surface area (Å²) in [5.74, 6) is 1.90. The maximum absolute atomic E-state index is 11.8. The highest BCUT2D eigenvalue weighted by Crippen LogP contribution is 2.44. The van der Waals surface area contributed by atoms with Crippen LogP contribution in [0.2, 0.25) is 0 Å². The van der Waals surface area contributed by atoms with Gasteiger partial charge in [-0.2, -0.15) is 0 Å². The fraction of sp³-hybridized carbons (Fsp3) is 0.929. The molecule has 0 spiro atoms. The lowest BCUT2D eigenvalue weighted by Crippen LogP contribution is -2.37. The van der Waals surface area contributed by atoms with Crippen LogP contribution in [0.3, 0.4) is 0 Å². The smallest absolute Gasteiger partial charge is 0.220 e. The van der Waals surface area contributed by atoms with Crippen LogP contribution in [0.4, 0.5) is 0 Å². The number of halogens is 1. The van der Waals surface area contributed by atoms with Gasteiger partial charge in [0.2, 0.25) is 5.91 Å². The van der Waals surface area contributed by atoms with Crippen LogP contribution < -0.4 is 11.1 Å². The molecule has 2 aliphatic rings. The van der Waals surface area contributed by atoms with Gasteiger partial charge in [0.1, 0.15) is 0 Å². The minimum Gasteiger partial charge on any atom is -0.353 e. The fourth-order valence-corrected chi connectivity index (χ4v) is 2.57. The van der Waals surface area contributed by atoms with Crippen molar-refractivity contribution in [3.63, 3.8) is 0 Å². The molecule has 4 heteroatoms. The van der Waals surface area contributed by atoms with Gasteiger partial charge in [0.25, 0.3) is 0 Å². The molecular weight excluding hydrogens is 248 g/mol. The summed E-state index contributed by atoms with van der Waals surface area (Å²) in [6, 6.07) is 0.520. The van der Waals surface area contributed by atoms with Gasteiger partial charge >= 0.3 is 0 Å². The second-order valence-corrected chi connectivity index (χ2v) is 5.72. The molecule has 0 aromatic carbocycles. The Morgan fingerprint density at radius 2 is 1.61 bits per heavy atom. The molecule has 106 valence electrons. The summed E-state index contributed by atoms with van der Waals surface area (Å²) in [4.78, 5) is 11.8. The molecule has 0 aromatic rings. The second kappa shape index (κ2) is 8.00. The van der Waals surface area contributed by atoms with E-state index in [-0.39, 0.29) is 18.3 Å². The molecule has 0 saturated heterocycles. The molecule has 2 aliphatic carbocycles. The summed E-state index contributed by atoms with van der Waals surface area (Å²) >= 11 is 0. The summed E-state index contributed by atoms with van der Waals surface area (Å²) in [7, 11) is 0. The van der Waals surface area contributed by atoms with E-state index in [0.717, 1.165) is 37.6 Å². The van der Waals surface area contributed by atoms with E-state index >= 15 is 0 Å². The monoisotopic (exact) mass is 274 g/mol. The SMILES string of the molecule is Cl.NCCCCCCC(=O)NC(C1CC1)C1CC1. The van der Waals surface area contributed by atoms with Gasteiger partial charge < -0.3 is 11.1 Å². The molecule has 0 atom stereocenters. The van der Waals surface area contributed by atoms with Gasteiger partial charge in [0.15, 0.2) is 0 Å². The lowest BCUT2D eigenvalue weighted by molar-refractivity contribution is -0.122. The lowest BCUT2D eigenvalue weighted by Gasteiger charge is -2.17. The summed E-state index contributed by atoms with van der Waals surface area (Å²) in [6.45, 7) is 0.775. The van der Waals surface area contributed by atoms with Gasteiger partial charge in [-0.25, -0.2) is 0 Å². The molecule has 18 heavy (non-hydrogen) atoms. The Labute approximate surface area is 117 Å². The zero-order valence-electron chi connectivity index (χ0n) is 11.2. The molecule has 2 saturated carbocycles. The molecule has 0 unspecified atom stereocenters. The molecule has 3 nitrogen and oxygen atoms in total. The van der Waals surface area contributed by atoms with E-state index in [2.05, 4.69) is 5.32 Å². The normalized spacial score (nSPS) is 18.6. The second-order valence-electron chi connectivity index (χ2n) is 5.72. The highest BCUT2D eigenvalue weighted by Gasteiger charge is 2.41. The fourth-order valence-electron chi connectivity index (χ4n) is 2.57. The first-order valence-electron chi connectivity index (χ1n) is 7.30. The summed E-state index contributed by atoms with van der Waals surface area (Å²) < 4.78 is 0. The van der Waals surface area contributed by atoms with Crippen molar-refractivity contribution in [2.24, 2.45) is 17.6 Å². The number of hydrogen-bond acceptors (Lipinski definition) is 2. The molecule has 3 N–H and O–H groups in total. The minimum absolute atomic E-state index is 0. The predicted octanol–water partition coefficient (Wildman–Crippen LogP) is 2.62. The summed E-state index contributed by atoms with van der Waals surface area (Å²) in [5.41, 5.74) is 5.44. The molecule has 0 heterocycles. The van der Waals surface area contributed by atoms with Crippen LogP contribution in [-0.2, 0) is 4.79 Å². The highest BCUT2D eigenvalue weighted by atomic mass is 35.5. The van der Waals surface area contributed by atoms with E-state index in [1.54, 1.807) is 0 Å². The first-order valence-corrected chi connectivity index (χ1v) is 7.30. The summed E-state index contributed by atoms with van der Waals surface area (Å²) in [5, 5.41) is 3.27. The van der Waals surface area contributed by atoms with Crippen LogP contribution in [-0.4, -0.2) is 18.5 Å². The van der Waals surface area contributed by atoms with Crippen molar-refractivity contribution in [3.05, 3.63) is 0 Å². The number of rotatable bonds is 9. The Balaban J connectivity index is 0.00000162. The van der Waals surface area contributed by atoms with Crippen LogP contribution in [0, 0.1) is 11.8 Å². The zero-order chi connectivity index (χ0) is 12.1. The van der Waals surface area contributed by atoms with Crippen molar-refractivity contribution in [1.29, 1.82) is 0 Å². The number of hydrogen-bond donors (Lipinski definition) is 2. The Bertz CT molecular complexity index is 240. The van der Waals surface area contributed by atoms with Gasteiger partial charge in [-0.05, 0) is 56.9 Å². The maximum atomic E-state index is 11.8. The Kier molecular flexibility index (Phi) is 7.02. The highest BCUT2D eigenvalue weighted by molar-refractivity contribution is 5.85. The van der Waals surface area contributed by atoms with Crippen LogP contribution in [0.1, 0.15) is 57.8 Å². The van der Waals surface area contributed by atoms with Crippen LogP contribution in [0.25, 0.3) is 0 Å². The van der Waals surface area contributed by atoms with Crippen molar-refractivity contribution < 1.29 is 4.79 Å². The molecule has 2 rings (SSSR count). The third-order valence-corrected chi connectivity index (χ3v) is 3.95. The van der Waals surface area contributed by atoms with E-state index in [1.165, 1.54) is 32.1 Å². The van der Waals surface area contributed by atoms with Crippen molar-refractivity contribution in [2.45, 2.75) is 63.8 Å². The van der Waals surface area contributed by atoms with Crippen molar-refractivity contribution in [3.8, 4) is 0 Å². The Hall–Kier alpha value is -0.280. The average Bonchev–Trinajstić information content (AvgIpc) is 3.18. The van der Waals surface area contributed by atoms with Gasteiger partial charge in [0.05, 0.1) is 0 Å². The number of nitrogens with two attached hydrogens (primary N) is 1. The van der Waals surface area contributed by atoms with Crippen LogP contribution >= 0.6 is 12.4 Å². The number of carbonyl (C=O) groups excluding carboxylic acids is 1. The van der Waals surface area contributed by atoms with Crippen molar-refractivity contribution in [2.75, 3.05) is 6.54 Å². The standard InChI is InChI=1S/C14H26N2O.ClH/c15-10-4-2-1-3-5-13(17)16-14(11-6-7-11)12-8-9-12;/h11-12,14H,1-10,15H2,(H,16,17);1H. The number of unbranched alkanes of at least 4 members (excludes halogenated alkanes) is 3. The van der Waals surface area contributed by atoms with Gasteiger partial charge in [-0.3, -0.25) is 4.79 Å². The number of nitrogens with one attached hydrogen (secondary N) is 1. The maximum Gasteiger partial charge on any atom is 0.220 e. The number of carbonyl (C=O) groups is 1. The topological polar surface area (TPSA) is 55.1 Å². The molecule has 0 aromatic heterocycles. The molecule has 0 aliphatic heterocycles. The van der Waals surface area contributed by atoms with Crippen LogP contribution in [0.15, 0.2) is 0 Å². The third kappa shape index (κ3) is 5.57. The molecular formula is C14H27ClN2O. The van der Waals surface area contributed by atoms with Gasteiger partial charge in [-0.15, -0.1) is 12.4 Å². The Morgan fingerprint density at radius 3 is 2.11 bits per heavy atom. The van der Waals surface area contributed by atoms with E-state index < -0.39 is 0 Å². The molecule has 0 radical (unpaired) electrons. The minimum atomic E-state index is 0. The largest absolute Gasteiger partial charge is 0.353 e. The van der Waals surface area contributed by atoms with E-state index in [1.807, 2.05) is 0 Å². The Morgan fingerprint density at radius 1 is 1.06 bits per heavy atom. The molecule has 2 fully saturated rings. The van der Waals surface area contributed by atoms with E-state index in [4.69, 9.17) is 5.73 Å². The lowest BCUT2D eigenvalue weighted by atomic mass is 10.1. The molecule has 0 bridgehead atoms. The summed E-state index contributed by atoms with van der Waals surface area (Å²) in [6.07, 6.45) is 10.5. The predicted molar refractivity (Wildman–Crippen MR) is 76.8 cm³/mol. The van der Waals surface area contributed by atoms with Crippen molar-refractivity contribution >= 4 is 18.3 Å². The van der Waals surface area contributed by atoms with Crippen molar-refractivity contribution in [1.82, 2.24) is 5.32 Å².